The Kier molecular flexibility index (Phi) is 19.3. The van der Waals surface area contributed by atoms with Gasteiger partial charge in [0.15, 0.2) is 0 Å². The average molecular weight is 689 g/mol. The van der Waals surface area contributed by atoms with Crippen LogP contribution in [0.15, 0.2) is 18.3 Å². The molecule has 1 saturated heterocycles. The van der Waals surface area contributed by atoms with E-state index in [1.54, 1.807) is 27.0 Å². The Balaban J connectivity index is 0.0000101. The van der Waals surface area contributed by atoms with E-state index in [2.05, 4.69) is 17.2 Å². The van der Waals surface area contributed by atoms with Crippen molar-refractivity contribution < 1.29 is 44.4 Å². The Morgan fingerprint density at radius 3 is 1.71 bits per heavy atom. The van der Waals surface area contributed by atoms with Crippen LogP contribution in [0.3, 0.4) is 0 Å². The molecular weight excluding hydrogens is 646 g/mol. The van der Waals surface area contributed by atoms with Crippen LogP contribution in [-0.4, -0.2) is 164 Å². The van der Waals surface area contributed by atoms with Gasteiger partial charge in [-0.15, -0.1) is 0 Å². The topological polar surface area (TPSA) is 213 Å². The Labute approximate surface area is 276 Å². The van der Waals surface area contributed by atoms with Gasteiger partial charge in [0, 0.05) is 84.7 Å². The number of nitrogens with zero attached hydrogens (tertiary/aromatic N) is 5. The fourth-order valence-electron chi connectivity index (χ4n) is 5.02. The number of aromatic nitrogens is 1. The summed E-state index contributed by atoms with van der Waals surface area (Å²) in [6.45, 7) is 2.26. The number of aryl methyl sites for hydroxylation is 1. The third-order valence-electron chi connectivity index (χ3n) is 7.47. The van der Waals surface area contributed by atoms with Crippen LogP contribution in [0.5, 0.6) is 0 Å². The van der Waals surface area contributed by atoms with E-state index in [0.717, 1.165) is 24.8 Å². The van der Waals surface area contributed by atoms with E-state index in [1.165, 1.54) is 4.90 Å². The van der Waals surface area contributed by atoms with Crippen molar-refractivity contribution in [2.45, 2.75) is 45.1 Å². The fourth-order valence-corrected chi connectivity index (χ4v) is 5.02. The van der Waals surface area contributed by atoms with Gasteiger partial charge in [0.2, 0.25) is 0 Å². The molecule has 2 N–H and O–H groups in total. The summed E-state index contributed by atoms with van der Waals surface area (Å²) in [6.07, 6.45) is 5.14. The summed E-state index contributed by atoms with van der Waals surface area (Å²) < 4.78 is 0. The van der Waals surface area contributed by atoms with Gasteiger partial charge >= 0.3 is 25.8 Å². The Morgan fingerprint density at radius 1 is 0.822 bits per heavy atom. The van der Waals surface area contributed by atoms with Crippen LogP contribution in [0.2, 0.25) is 0 Å². The number of pyridine rings is 1. The monoisotopic (exact) mass is 688 g/mol. The number of aliphatic carboxylic acids is 4. The van der Waals surface area contributed by atoms with E-state index in [4.69, 9.17) is 0 Å². The first kappa shape index (κ1) is 40.0. The molecule has 1 atom stereocenters. The largest absolute Gasteiger partial charge is 3.00 e. The van der Waals surface area contributed by atoms with Crippen LogP contribution in [0.25, 0.3) is 0 Å². The maximum absolute atomic E-state index is 12.5. The molecule has 0 saturated carbocycles. The third-order valence-corrected chi connectivity index (χ3v) is 7.47. The van der Waals surface area contributed by atoms with Gasteiger partial charge in [-0.2, -0.15) is 0 Å². The van der Waals surface area contributed by atoms with Gasteiger partial charge in [0.25, 0.3) is 5.91 Å². The molecule has 16 heteroatoms. The molecule has 15 nitrogen and oxygen atoms in total. The Morgan fingerprint density at radius 2 is 1.31 bits per heavy atom. The van der Waals surface area contributed by atoms with Crippen molar-refractivity contribution in [3.05, 3.63) is 29.6 Å². The summed E-state index contributed by atoms with van der Waals surface area (Å²) in [5, 5.41) is 46.8. The Hall–Kier alpha value is -3.02. The number of rotatable bonds is 16. The quantitative estimate of drug-likeness (QED) is 0.124. The van der Waals surface area contributed by atoms with Crippen LogP contribution in [0.4, 0.5) is 0 Å². The first-order valence-electron chi connectivity index (χ1n) is 14.9. The molecule has 246 valence electrons. The zero-order valence-electron chi connectivity index (χ0n) is 25.9. The first-order chi connectivity index (χ1) is 21.0. The smallest absolute Gasteiger partial charge is 0.549 e. The average Bonchev–Trinajstić information content (AvgIpc) is 2.95. The molecule has 1 aromatic rings. The predicted molar refractivity (Wildman–Crippen MR) is 158 cm³/mol. The number of carbonyl (C=O) groups excluding carboxylic acids is 4. The molecule has 2 rings (SSSR count). The van der Waals surface area contributed by atoms with Crippen LogP contribution in [0.1, 0.15) is 48.7 Å². The van der Waals surface area contributed by atoms with Crippen LogP contribution in [0, 0.1) is 0 Å². The summed E-state index contributed by atoms with van der Waals surface area (Å²) in [6, 6.07) is 2.53. The minimum Gasteiger partial charge on any atom is -0.549 e. The van der Waals surface area contributed by atoms with E-state index < -0.39 is 49.6 Å². The maximum Gasteiger partial charge on any atom is 3.00 e. The fraction of sp³-hybridized carbons (Fsp3) is 0.655. The SMILES string of the molecule is CCCCc1ccc(C(=O)NCCCC(C(=O)O)N2CCN(CC(=O)[O-])CCN(CC(=O)[O-])CCN(CC(=O)[O-])CC2)nc1.[Ga+3]. The number of unbranched alkanes of at least 4 members (excludes halogenated alkanes) is 1. The molecule has 2 heterocycles. The molecule has 1 amide bonds. The number of carboxylic acids is 4. The molecule has 1 fully saturated rings. The molecule has 0 aromatic carbocycles. The molecule has 1 aliphatic heterocycles. The summed E-state index contributed by atoms with van der Waals surface area (Å²) in [5.74, 6) is -5.45. The van der Waals surface area contributed by atoms with Gasteiger partial charge < -0.3 is 40.1 Å². The zero-order chi connectivity index (χ0) is 32.5. The Bertz CT molecular complexity index is 1060. The number of hydrogen-bond donors (Lipinski definition) is 2. The number of carboxylic acid groups (broad SMARTS) is 4. The van der Waals surface area contributed by atoms with Gasteiger partial charge in [0.05, 0.1) is 17.9 Å². The third kappa shape index (κ3) is 16.2. The van der Waals surface area contributed by atoms with Crippen molar-refractivity contribution in [2.75, 3.05) is 78.5 Å². The van der Waals surface area contributed by atoms with E-state index in [9.17, 15) is 44.4 Å². The minimum atomic E-state index is -1.33. The minimum absolute atomic E-state index is 0. The van der Waals surface area contributed by atoms with Crippen molar-refractivity contribution in [3.8, 4) is 0 Å². The maximum atomic E-state index is 12.5. The van der Waals surface area contributed by atoms with Gasteiger partial charge in [-0.3, -0.25) is 34.2 Å². The van der Waals surface area contributed by atoms with Crippen molar-refractivity contribution in [1.29, 1.82) is 0 Å². The van der Waals surface area contributed by atoms with Gasteiger partial charge in [-0.05, 0) is 37.3 Å². The van der Waals surface area contributed by atoms with Gasteiger partial charge in [-0.1, -0.05) is 19.4 Å². The molecule has 45 heavy (non-hydrogen) atoms. The number of hydrogen-bond acceptors (Lipinski definition) is 13. The van der Waals surface area contributed by atoms with Crippen LogP contribution >= 0.6 is 0 Å². The first-order valence-corrected chi connectivity index (χ1v) is 14.9. The summed E-state index contributed by atoms with van der Waals surface area (Å²) in [7, 11) is 0. The second-order valence-corrected chi connectivity index (χ2v) is 10.9. The summed E-state index contributed by atoms with van der Waals surface area (Å²) in [5.41, 5.74) is 1.31. The van der Waals surface area contributed by atoms with Crippen LogP contribution < -0.4 is 20.6 Å². The molecular formula is C29H43GaN6O9. The molecule has 0 radical (unpaired) electrons. The van der Waals surface area contributed by atoms with Crippen molar-refractivity contribution in [2.24, 2.45) is 0 Å². The summed E-state index contributed by atoms with van der Waals surface area (Å²) in [4.78, 5) is 69.4. The molecule has 1 unspecified atom stereocenters. The van der Waals surface area contributed by atoms with E-state index >= 15 is 0 Å². The van der Waals surface area contributed by atoms with Crippen molar-refractivity contribution in [1.82, 2.24) is 29.9 Å². The number of carbonyl (C=O) groups is 5. The molecule has 1 aliphatic rings. The van der Waals surface area contributed by atoms with E-state index in [0.29, 0.717) is 6.42 Å². The molecule has 0 aliphatic carbocycles. The zero-order valence-corrected chi connectivity index (χ0v) is 28.3. The summed E-state index contributed by atoms with van der Waals surface area (Å²) >= 11 is 0. The van der Waals surface area contributed by atoms with E-state index in [1.807, 2.05) is 6.07 Å². The standard InChI is InChI=1S/C29H46N6O9.Ga/c1-2-3-5-22-7-8-23(31-18-22)28(42)30-9-4-6-24(29(43)44)35-16-14-33(20-26(38)39)12-10-32(19-25(36)37)11-13-34(15-17-35)21-27(40)41;/h7-8,18,24H,2-6,9-17,19-21H2,1H3,(H,30,42)(H,36,37)(H,38,39)(H,40,41)(H,43,44);/q;+3/p-3. The molecule has 0 spiro atoms. The molecule has 0 bridgehead atoms. The van der Waals surface area contributed by atoms with Crippen LogP contribution in [-0.2, 0) is 25.6 Å². The molecule has 1 aromatic heterocycles. The van der Waals surface area contributed by atoms with Gasteiger partial charge in [-0.25, -0.2) is 0 Å². The number of nitrogens with one attached hydrogen (secondary N) is 1. The number of amides is 1. The van der Waals surface area contributed by atoms with Crippen molar-refractivity contribution >= 4 is 49.6 Å². The van der Waals surface area contributed by atoms with Gasteiger partial charge in [0.1, 0.15) is 11.7 Å². The van der Waals surface area contributed by atoms with Crippen molar-refractivity contribution in [3.63, 3.8) is 0 Å². The normalized spacial score (nSPS) is 16.8. The second kappa shape index (κ2) is 21.7. The van der Waals surface area contributed by atoms with E-state index in [-0.39, 0.29) is 96.7 Å². The predicted octanol–water partition coefficient (Wildman–Crippen LogP) is -4.52. The second-order valence-electron chi connectivity index (χ2n) is 10.9.